The Morgan fingerprint density at radius 3 is 1.80 bits per heavy atom. The number of H-pyrrole nitrogens is 1. The van der Waals surface area contributed by atoms with Crippen LogP contribution in [0.2, 0.25) is 0 Å². The highest BCUT2D eigenvalue weighted by molar-refractivity contribution is 7.80. The quantitative estimate of drug-likeness (QED) is 0.0261. The number of fused-ring (bicyclic) bond motifs is 1. The van der Waals surface area contributed by atoms with Gasteiger partial charge < -0.3 is 69.2 Å². The van der Waals surface area contributed by atoms with Gasteiger partial charge in [-0.2, -0.15) is 12.6 Å². The molecule has 0 bridgehead atoms. The molecule has 384 valence electrons. The molecule has 23 heteroatoms. The van der Waals surface area contributed by atoms with Gasteiger partial charge in [0.25, 0.3) is 0 Å². The van der Waals surface area contributed by atoms with E-state index in [0.717, 1.165) is 16.5 Å². The number of aliphatic hydroxyl groups excluding tert-OH is 1. The van der Waals surface area contributed by atoms with Crippen molar-refractivity contribution in [2.24, 2.45) is 23.3 Å². The number of carboxylic acids is 1. The maximum Gasteiger partial charge on any atom is 0.326 e. The first kappa shape index (κ1) is 57.8. The number of nitrogens with two attached hydrogens (primary N) is 2. The van der Waals surface area contributed by atoms with Crippen LogP contribution >= 0.6 is 12.6 Å². The second-order valence-corrected chi connectivity index (χ2v) is 17.9. The number of hydrogen-bond acceptors (Lipinski definition) is 13. The number of hydrogen-bond donors (Lipinski definition) is 14. The van der Waals surface area contributed by atoms with E-state index in [1.54, 1.807) is 64.2 Å². The summed E-state index contributed by atoms with van der Waals surface area (Å²) in [6.45, 7) is 5.04. The highest BCUT2D eigenvalue weighted by atomic mass is 32.1. The zero-order valence-corrected chi connectivity index (χ0v) is 40.8. The minimum Gasteiger partial charge on any atom is -0.480 e. The van der Waals surface area contributed by atoms with Crippen molar-refractivity contribution in [3.05, 3.63) is 71.9 Å². The lowest BCUT2D eigenvalue weighted by Gasteiger charge is -2.26. The molecule has 7 atom stereocenters. The average Bonchev–Trinajstić information content (AvgIpc) is 3.73. The minimum atomic E-state index is -1.58. The van der Waals surface area contributed by atoms with E-state index in [-0.39, 0.29) is 37.4 Å². The van der Waals surface area contributed by atoms with Crippen LogP contribution in [0.5, 0.6) is 0 Å². The van der Waals surface area contributed by atoms with Gasteiger partial charge in [-0.3, -0.25) is 38.4 Å². The zero-order valence-electron chi connectivity index (χ0n) is 39.9. The van der Waals surface area contributed by atoms with Gasteiger partial charge in [-0.25, -0.2) is 4.79 Å². The van der Waals surface area contributed by atoms with Crippen molar-refractivity contribution in [1.82, 2.24) is 47.5 Å². The van der Waals surface area contributed by atoms with E-state index < -0.39 is 121 Å². The summed E-state index contributed by atoms with van der Waals surface area (Å²) in [7, 11) is 0. The Morgan fingerprint density at radius 1 is 0.643 bits per heavy atom. The van der Waals surface area contributed by atoms with Crippen molar-refractivity contribution < 1.29 is 53.4 Å². The van der Waals surface area contributed by atoms with Gasteiger partial charge in [-0.1, -0.05) is 76.2 Å². The third-order valence-electron chi connectivity index (χ3n) is 11.0. The molecule has 1 heterocycles. The molecule has 0 aliphatic carbocycles. The lowest BCUT2D eigenvalue weighted by atomic mass is 9.99. The van der Waals surface area contributed by atoms with Crippen molar-refractivity contribution in [3.63, 3.8) is 0 Å². The fraction of sp³-hybridized carbons (Fsp3) is 0.511. The fourth-order valence-corrected chi connectivity index (χ4v) is 7.46. The predicted octanol–water partition coefficient (Wildman–Crippen LogP) is -1.74. The molecule has 0 saturated carbocycles. The second-order valence-electron chi connectivity index (χ2n) is 17.6. The van der Waals surface area contributed by atoms with E-state index in [1.165, 1.54) is 0 Å². The highest BCUT2D eigenvalue weighted by Crippen LogP contribution is 2.19. The van der Waals surface area contributed by atoms with E-state index in [1.807, 2.05) is 24.3 Å². The third kappa shape index (κ3) is 19.1. The number of carbonyl (C=O) groups excluding carboxylic acids is 8. The number of carboxylic acid groups (broad SMARTS) is 1. The SMILES string of the molecule is CC(C)C[C@H](NC(=O)CNC(=O)[C@H](CO)NC(=O)CNC(=O)[C@H](Cc1ccccc1)NC(=O)[C@@H](NC(=O)[C@@H](N)Cc1c[nH]c2ccccc12)C(C)C)C(=O)N[C@@H](CS)C(=O)N[C@@H](CCCCN)C(=O)O. The molecular formula is C47H69N11O11S. The van der Waals surface area contributed by atoms with Crippen molar-refractivity contribution in [1.29, 1.82) is 0 Å². The maximum absolute atomic E-state index is 13.8. The molecule has 3 rings (SSSR count). The number of rotatable bonds is 30. The summed E-state index contributed by atoms with van der Waals surface area (Å²) < 4.78 is 0. The van der Waals surface area contributed by atoms with Gasteiger partial charge in [0.15, 0.2) is 0 Å². The molecule has 0 aliphatic heterocycles. The van der Waals surface area contributed by atoms with Crippen LogP contribution in [0.1, 0.15) is 64.5 Å². The van der Waals surface area contributed by atoms with E-state index in [2.05, 4.69) is 60.1 Å². The summed E-state index contributed by atoms with van der Waals surface area (Å²) in [5.41, 5.74) is 14.2. The summed E-state index contributed by atoms with van der Waals surface area (Å²) in [5.74, 6) is -8.34. The number of amides is 8. The van der Waals surface area contributed by atoms with Crippen LogP contribution in [-0.2, 0) is 56.0 Å². The lowest BCUT2D eigenvalue weighted by molar-refractivity contribution is -0.142. The molecule has 0 radical (unpaired) electrons. The molecule has 1 aromatic heterocycles. The van der Waals surface area contributed by atoms with Crippen LogP contribution in [-0.4, -0.2) is 143 Å². The first-order chi connectivity index (χ1) is 33.3. The van der Waals surface area contributed by atoms with Crippen molar-refractivity contribution >= 4 is 76.8 Å². The van der Waals surface area contributed by atoms with Gasteiger partial charge in [0.1, 0.15) is 36.3 Å². The number of aromatic amines is 1. The summed E-state index contributed by atoms with van der Waals surface area (Å²) in [6, 6.07) is 7.70. The van der Waals surface area contributed by atoms with E-state index in [9.17, 15) is 53.4 Å². The molecule has 22 nitrogen and oxygen atoms in total. The highest BCUT2D eigenvalue weighted by Gasteiger charge is 2.32. The Kier molecular flexibility index (Phi) is 24.3. The Labute approximate surface area is 412 Å². The van der Waals surface area contributed by atoms with E-state index in [0.29, 0.717) is 24.9 Å². The van der Waals surface area contributed by atoms with Gasteiger partial charge in [0.2, 0.25) is 47.3 Å². The van der Waals surface area contributed by atoms with Gasteiger partial charge in [0.05, 0.1) is 25.7 Å². The molecule has 0 saturated heterocycles. The normalized spacial score (nSPS) is 14.2. The largest absolute Gasteiger partial charge is 0.480 e. The van der Waals surface area contributed by atoms with Gasteiger partial charge in [0, 0.05) is 29.3 Å². The monoisotopic (exact) mass is 995 g/mol. The van der Waals surface area contributed by atoms with Gasteiger partial charge >= 0.3 is 5.97 Å². The predicted molar refractivity (Wildman–Crippen MR) is 264 cm³/mol. The maximum atomic E-state index is 13.8. The second kappa shape index (κ2) is 29.5. The molecule has 2 aromatic carbocycles. The zero-order chi connectivity index (χ0) is 51.9. The van der Waals surface area contributed by atoms with Crippen molar-refractivity contribution in [2.45, 2.75) is 109 Å². The Morgan fingerprint density at radius 2 is 1.21 bits per heavy atom. The summed E-state index contributed by atoms with van der Waals surface area (Å²) in [5, 5.41) is 40.2. The van der Waals surface area contributed by atoms with Crippen LogP contribution in [0.4, 0.5) is 0 Å². The van der Waals surface area contributed by atoms with Gasteiger partial charge in [-0.05, 0) is 67.7 Å². The molecule has 0 fully saturated rings. The van der Waals surface area contributed by atoms with E-state index in [4.69, 9.17) is 11.5 Å². The number of carbonyl (C=O) groups is 9. The Bertz CT molecular complexity index is 2240. The number of unbranched alkanes of at least 4 members (excludes halogenated alkanes) is 1. The van der Waals surface area contributed by atoms with Crippen molar-refractivity contribution in [2.75, 3.05) is 32.0 Å². The first-order valence-corrected chi connectivity index (χ1v) is 23.8. The summed E-state index contributed by atoms with van der Waals surface area (Å²) >= 11 is 4.13. The standard InChI is InChI=1S/C47H69N11O11S/c1-26(2)18-34(44(65)57-37(25-70)45(66)55-33(47(68)69)16-10-11-17-48)53-38(60)22-52-43(64)36(24-59)54-39(61)23-51-42(63)35(19-28-12-6-5-7-13-28)56-46(67)40(27(3)4)58-41(62)31(49)20-29-21-50-32-15-9-8-14-30(29)32/h5-9,12-15,21,26-27,31,33-37,40,50,59,70H,10-11,16-20,22-25,48-49H2,1-4H3,(H,51,63)(H,52,64)(H,53,60)(H,54,61)(H,55,66)(H,56,67)(H,57,65)(H,58,62)(H,68,69)/t31-,33-,34-,35-,36-,37-,40-/m0/s1. The van der Waals surface area contributed by atoms with Crippen LogP contribution in [0.15, 0.2) is 60.8 Å². The smallest absolute Gasteiger partial charge is 0.326 e. The fourth-order valence-electron chi connectivity index (χ4n) is 7.20. The number of nitrogens with one attached hydrogen (secondary N) is 9. The minimum absolute atomic E-state index is 0.00340. The summed E-state index contributed by atoms with van der Waals surface area (Å²) in [4.78, 5) is 121. The molecular weight excluding hydrogens is 927 g/mol. The Balaban J connectivity index is 1.58. The Hall–Kier alpha value is -6.56. The van der Waals surface area contributed by atoms with Crippen LogP contribution < -0.4 is 54.0 Å². The molecule has 8 amide bonds. The molecule has 0 aliphatic rings. The topological polar surface area (TPSA) is 358 Å². The lowest BCUT2D eigenvalue weighted by Crippen LogP contribution is -2.58. The van der Waals surface area contributed by atoms with Crippen molar-refractivity contribution in [3.8, 4) is 0 Å². The number of aromatic nitrogens is 1. The average molecular weight is 996 g/mol. The molecule has 70 heavy (non-hydrogen) atoms. The van der Waals surface area contributed by atoms with Gasteiger partial charge in [-0.15, -0.1) is 0 Å². The first-order valence-electron chi connectivity index (χ1n) is 23.1. The number of benzene rings is 2. The number of aliphatic carboxylic acids is 1. The molecule has 0 spiro atoms. The van der Waals surface area contributed by atoms with Crippen LogP contribution in [0, 0.1) is 11.8 Å². The number of para-hydroxylation sites is 1. The third-order valence-corrected chi connectivity index (χ3v) is 11.4. The number of thiol groups is 1. The van der Waals surface area contributed by atoms with Crippen LogP contribution in [0.25, 0.3) is 10.9 Å². The molecule has 3 aromatic rings. The molecule has 15 N–H and O–H groups in total. The van der Waals surface area contributed by atoms with E-state index >= 15 is 0 Å². The summed E-state index contributed by atoms with van der Waals surface area (Å²) in [6.07, 6.45) is 3.18. The number of aliphatic hydroxyl groups is 1. The molecule has 0 unspecified atom stereocenters. The van der Waals surface area contributed by atoms with Crippen LogP contribution in [0.3, 0.4) is 0 Å².